The van der Waals surface area contributed by atoms with E-state index >= 15 is 0 Å². The molecule has 0 unspecified atom stereocenters. The minimum Gasteiger partial charge on any atom is -0.492 e. The first-order valence-corrected chi connectivity index (χ1v) is 10.7. The van der Waals surface area contributed by atoms with E-state index in [0.29, 0.717) is 48.0 Å². The molecule has 0 radical (unpaired) electrons. The monoisotopic (exact) mass is 432 g/mol. The molecule has 1 aliphatic rings. The molecule has 5 nitrogen and oxygen atoms in total. The van der Waals surface area contributed by atoms with Crippen molar-refractivity contribution in [1.82, 2.24) is 4.98 Å². The number of carbonyl (C=O) groups is 1. The average molecular weight is 432 g/mol. The van der Waals surface area contributed by atoms with Crippen molar-refractivity contribution in [2.75, 3.05) is 6.61 Å². The summed E-state index contributed by atoms with van der Waals surface area (Å²) in [5.41, 5.74) is 5.01. The number of nitriles is 1. The van der Waals surface area contributed by atoms with Gasteiger partial charge >= 0.3 is 0 Å². The van der Waals surface area contributed by atoms with Gasteiger partial charge < -0.3 is 9.47 Å². The van der Waals surface area contributed by atoms with Crippen molar-refractivity contribution in [3.63, 3.8) is 0 Å². The van der Waals surface area contributed by atoms with E-state index in [9.17, 15) is 4.79 Å². The van der Waals surface area contributed by atoms with Gasteiger partial charge in [0.2, 0.25) is 5.88 Å². The van der Waals surface area contributed by atoms with Crippen LogP contribution in [0, 0.1) is 11.3 Å². The molecule has 4 aromatic rings. The second kappa shape index (κ2) is 8.97. The fourth-order valence-corrected chi connectivity index (χ4v) is 3.94. The highest BCUT2D eigenvalue weighted by atomic mass is 16.5. The lowest BCUT2D eigenvalue weighted by Crippen LogP contribution is -2.16. The normalized spacial score (nSPS) is 12.4. The summed E-state index contributed by atoms with van der Waals surface area (Å²) in [4.78, 5) is 16.8. The van der Waals surface area contributed by atoms with Gasteiger partial charge in [0.05, 0.1) is 29.4 Å². The van der Waals surface area contributed by atoms with Crippen LogP contribution in [-0.2, 0) is 6.42 Å². The molecule has 33 heavy (non-hydrogen) atoms. The second-order valence-electron chi connectivity index (χ2n) is 7.79. The van der Waals surface area contributed by atoms with E-state index in [4.69, 9.17) is 14.7 Å². The molecule has 160 valence electrons. The maximum atomic E-state index is 12.4. The summed E-state index contributed by atoms with van der Waals surface area (Å²) < 4.78 is 12.2. The van der Waals surface area contributed by atoms with E-state index in [2.05, 4.69) is 11.1 Å². The molecular weight excluding hydrogens is 412 g/mol. The molecule has 1 aromatic heterocycles. The van der Waals surface area contributed by atoms with Gasteiger partial charge in [-0.2, -0.15) is 5.26 Å². The smallest absolute Gasteiger partial charge is 0.219 e. The molecule has 0 fully saturated rings. The number of ketones is 1. The fraction of sp³-hybridized carbons (Fsp3) is 0.107. The van der Waals surface area contributed by atoms with Crippen LogP contribution < -0.4 is 9.47 Å². The van der Waals surface area contributed by atoms with E-state index in [1.54, 1.807) is 12.3 Å². The predicted octanol–water partition coefficient (Wildman–Crippen LogP) is 5.97. The van der Waals surface area contributed by atoms with Crippen LogP contribution in [0.25, 0.3) is 11.1 Å². The second-order valence-corrected chi connectivity index (χ2v) is 7.79. The number of hydrogen-bond donors (Lipinski definition) is 0. The summed E-state index contributed by atoms with van der Waals surface area (Å²) >= 11 is 0. The first-order chi connectivity index (χ1) is 16.2. The van der Waals surface area contributed by atoms with Crippen LogP contribution in [0.4, 0.5) is 0 Å². The highest BCUT2D eigenvalue weighted by Gasteiger charge is 2.25. The quantitative estimate of drug-likeness (QED) is 0.389. The number of Topliss-reactive ketones (excluding diaryl/α,β-unsaturated/α-hetero) is 1. The summed E-state index contributed by atoms with van der Waals surface area (Å²) in [5, 5.41) is 8.99. The Morgan fingerprint density at radius 2 is 1.79 bits per heavy atom. The lowest BCUT2D eigenvalue weighted by atomic mass is 9.96. The Hall–Kier alpha value is -4.43. The van der Waals surface area contributed by atoms with Crippen molar-refractivity contribution in [3.05, 3.63) is 107 Å². The third-order valence-electron chi connectivity index (χ3n) is 5.56. The third-order valence-corrected chi connectivity index (χ3v) is 5.56. The Morgan fingerprint density at radius 1 is 0.970 bits per heavy atom. The number of rotatable bonds is 5. The van der Waals surface area contributed by atoms with Crippen molar-refractivity contribution in [3.8, 4) is 34.6 Å². The van der Waals surface area contributed by atoms with Crippen LogP contribution in [0.15, 0.2) is 85.1 Å². The minimum absolute atomic E-state index is 0.0718. The van der Waals surface area contributed by atoms with Crippen LogP contribution in [0.1, 0.15) is 33.5 Å². The number of carbonyl (C=O) groups excluding carboxylic acids is 1. The fourth-order valence-electron chi connectivity index (χ4n) is 3.94. The first kappa shape index (κ1) is 20.5. The summed E-state index contributed by atoms with van der Waals surface area (Å²) in [5.74, 6) is 1.67. The van der Waals surface area contributed by atoms with Crippen molar-refractivity contribution in [2.45, 2.75) is 12.8 Å². The van der Waals surface area contributed by atoms with Gasteiger partial charge in [-0.25, -0.2) is 4.98 Å². The van der Waals surface area contributed by atoms with E-state index in [1.165, 1.54) is 0 Å². The molecule has 0 spiro atoms. The highest BCUT2D eigenvalue weighted by Crippen LogP contribution is 2.44. The SMILES string of the molecule is N#Cc1ccc(Cc2ccnc(Oc3ccc4c(c3-c3ccccc3)OCCC4=O)c2)cc1. The number of fused-ring (bicyclic) bond motifs is 1. The predicted molar refractivity (Wildman–Crippen MR) is 125 cm³/mol. The number of benzene rings is 3. The number of aromatic nitrogens is 1. The number of hydrogen-bond acceptors (Lipinski definition) is 5. The molecule has 0 N–H and O–H groups in total. The van der Waals surface area contributed by atoms with E-state index in [1.807, 2.05) is 72.8 Å². The van der Waals surface area contributed by atoms with E-state index in [0.717, 1.165) is 22.3 Å². The molecule has 0 bridgehead atoms. The molecule has 2 heterocycles. The van der Waals surface area contributed by atoms with Gasteiger partial charge in [-0.05, 0) is 53.4 Å². The van der Waals surface area contributed by atoms with Crippen molar-refractivity contribution in [2.24, 2.45) is 0 Å². The lowest BCUT2D eigenvalue weighted by Gasteiger charge is -2.22. The Balaban J connectivity index is 1.49. The van der Waals surface area contributed by atoms with Gasteiger partial charge in [-0.1, -0.05) is 42.5 Å². The molecule has 0 saturated carbocycles. The van der Waals surface area contributed by atoms with Gasteiger partial charge in [0.15, 0.2) is 5.78 Å². The Morgan fingerprint density at radius 3 is 2.58 bits per heavy atom. The molecule has 3 aromatic carbocycles. The number of ether oxygens (including phenoxy) is 2. The first-order valence-electron chi connectivity index (χ1n) is 10.7. The molecule has 0 aliphatic carbocycles. The van der Waals surface area contributed by atoms with E-state index < -0.39 is 0 Å². The highest BCUT2D eigenvalue weighted by molar-refractivity contribution is 6.02. The summed E-state index contributed by atoms with van der Waals surface area (Å²) in [6.45, 7) is 0.355. The summed E-state index contributed by atoms with van der Waals surface area (Å²) in [6, 6.07) is 26.9. The Bertz CT molecular complexity index is 1360. The standard InChI is InChI=1S/C28H20N2O3/c29-18-20-8-6-19(7-9-20)16-21-12-14-30-26(17-21)33-25-11-10-23-24(31)13-15-32-28(23)27(25)22-4-2-1-3-5-22/h1-12,14,17H,13,15-16H2. The topological polar surface area (TPSA) is 72.2 Å². The zero-order chi connectivity index (χ0) is 22.6. The molecular formula is C28H20N2O3. The van der Waals surface area contributed by atoms with Gasteiger partial charge in [0, 0.05) is 18.7 Å². The average Bonchev–Trinajstić information content (AvgIpc) is 2.85. The molecule has 0 saturated heterocycles. The van der Waals surface area contributed by atoms with Crippen LogP contribution in [0.2, 0.25) is 0 Å². The van der Waals surface area contributed by atoms with Crippen LogP contribution in [-0.4, -0.2) is 17.4 Å². The number of nitrogens with zero attached hydrogens (tertiary/aromatic N) is 2. The number of pyridine rings is 1. The largest absolute Gasteiger partial charge is 0.492 e. The van der Waals surface area contributed by atoms with Gasteiger partial charge in [0.1, 0.15) is 11.5 Å². The van der Waals surface area contributed by atoms with Crippen LogP contribution in [0.5, 0.6) is 17.4 Å². The van der Waals surface area contributed by atoms with Crippen LogP contribution in [0.3, 0.4) is 0 Å². The maximum absolute atomic E-state index is 12.4. The summed E-state index contributed by atoms with van der Waals surface area (Å²) in [7, 11) is 0. The molecule has 5 heteroatoms. The molecule has 5 rings (SSSR count). The maximum Gasteiger partial charge on any atom is 0.219 e. The van der Waals surface area contributed by atoms with Crippen LogP contribution >= 0.6 is 0 Å². The van der Waals surface area contributed by atoms with Crippen molar-refractivity contribution in [1.29, 1.82) is 5.26 Å². The zero-order valence-corrected chi connectivity index (χ0v) is 17.8. The molecule has 0 atom stereocenters. The third kappa shape index (κ3) is 4.32. The zero-order valence-electron chi connectivity index (χ0n) is 17.8. The summed E-state index contributed by atoms with van der Waals surface area (Å²) in [6.07, 6.45) is 2.78. The Kier molecular flexibility index (Phi) is 5.57. The van der Waals surface area contributed by atoms with Gasteiger partial charge in [0.25, 0.3) is 0 Å². The molecule has 1 aliphatic heterocycles. The minimum atomic E-state index is 0.0718. The van der Waals surface area contributed by atoms with Gasteiger partial charge in [-0.15, -0.1) is 0 Å². The molecule has 0 amide bonds. The lowest BCUT2D eigenvalue weighted by molar-refractivity contribution is 0.0934. The van der Waals surface area contributed by atoms with Crippen molar-refractivity contribution < 1.29 is 14.3 Å². The van der Waals surface area contributed by atoms with E-state index in [-0.39, 0.29) is 5.78 Å². The Labute approximate surface area is 191 Å². The van der Waals surface area contributed by atoms with Crippen molar-refractivity contribution >= 4 is 5.78 Å². The van der Waals surface area contributed by atoms with Gasteiger partial charge in [-0.3, -0.25) is 4.79 Å².